The van der Waals surface area contributed by atoms with Crippen LogP contribution in [0.5, 0.6) is 0 Å². The van der Waals surface area contributed by atoms with Crippen LogP contribution in [-0.2, 0) is 28.6 Å². The first-order chi connectivity index (χ1) is 33.2. The van der Waals surface area contributed by atoms with Gasteiger partial charge >= 0.3 is 17.9 Å². The van der Waals surface area contributed by atoms with E-state index in [9.17, 15) is 14.4 Å². The Balaban J connectivity index is 4.25. The van der Waals surface area contributed by atoms with Crippen molar-refractivity contribution in [2.45, 2.75) is 349 Å². The second kappa shape index (κ2) is 53.2. The predicted octanol–water partition coefficient (Wildman–Crippen LogP) is 20.3. The van der Waals surface area contributed by atoms with Crippen LogP contribution in [0.4, 0.5) is 0 Å². The smallest absolute Gasteiger partial charge is 0.306 e. The molecule has 404 valence electrons. The molecule has 0 aromatic heterocycles. The molecule has 0 aliphatic carbocycles. The fraction of sp³-hybridized carbons (Fsp3) is 0.952. The summed E-state index contributed by atoms with van der Waals surface area (Å²) in [5.41, 5.74) is 0. The largest absolute Gasteiger partial charge is 0.462 e. The van der Waals surface area contributed by atoms with E-state index in [1.54, 1.807) is 0 Å². The van der Waals surface area contributed by atoms with Gasteiger partial charge in [-0.3, -0.25) is 14.4 Å². The molecule has 0 amide bonds. The highest BCUT2D eigenvalue weighted by Crippen LogP contribution is 2.19. The van der Waals surface area contributed by atoms with Gasteiger partial charge < -0.3 is 14.2 Å². The monoisotopic (exact) mass is 961 g/mol. The summed E-state index contributed by atoms with van der Waals surface area (Å²) < 4.78 is 16.9. The van der Waals surface area contributed by atoms with E-state index >= 15 is 0 Å². The number of hydrogen-bond donors (Lipinski definition) is 0. The van der Waals surface area contributed by atoms with Crippen LogP contribution < -0.4 is 0 Å². The van der Waals surface area contributed by atoms with Gasteiger partial charge in [-0.1, -0.05) is 305 Å². The molecule has 0 heterocycles. The number of unbranched alkanes of at least 4 members (excludes halogenated alkanes) is 36. The number of ether oxygens (including phenoxy) is 3. The molecule has 0 rings (SSSR count). The highest BCUT2D eigenvalue weighted by Gasteiger charge is 2.19. The fourth-order valence-electron chi connectivity index (χ4n) is 9.47. The van der Waals surface area contributed by atoms with Crippen LogP contribution in [0, 0.1) is 17.8 Å². The molecular formula is C62H120O6. The Morgan fingerprint density at radius 2 is 0.515 bits per heavy atom. The van der Waals surface area contributed by atoms with Crippen molar-refractivity contribution < 1.29 is 28.6 Å². The Hall–Kier alpha value is -1.59. The van der Waals surface area contributed by atoms with Crippen molar-refractivity contribution in [1.82, 2.24) is 0 Å². The Bertz CT molecular complexity index is 1060. The van der Waals surface area contributed by atoms with E-state index in [0.29, 0.717) is 19.3 Å². The van der Waals surface area contributed by atoms with Gasteiger partial charge in [0, 0.05) is 19.3 Å². The highest BCUT2D eigenvalue weighted by molar-refractivity contribution is 5.71. The first-order valence-corrected chi connectivity index (χ1v) is 30.7. The Kier molecular flexibility index (Phi) is 52.0. The molecule has 68 heavy (non-hydrogen) atoms. The third-order valence-corrected chi connectivity index (χ3v) is 14.9. The summed E-state index contributed by atoms with van der Waals surface area (Å²) in [7, 11) is 0. The molecule has 0 saturated heterocycles. The molecule has 3 atom stereocenters. The SMILES string of the molecule is CCC(C)CCCCCCCCCCCCCCCCCCCCC(=O)OC[C@@H](COC(=O)CCCCCCCCCCCCC(C)CC)OC(=O)CCCCCCCCCCCCCC(C)C. The van der Waals surface area contributed by atoms with Crippen molar-refractivity contribution in [2.24, 2.45) is 17.8 Å². The normalized spacial score (nSPS) is 12.9. The van der Waals surface area contributed by atoms with Crippen molar-refractivity contribution in [3.63, 3.8) is 0 Å². The van der Waals surface area contributed by atoms with Gasteiger partial charge in [0.2, 0.25) is 0 Å². The number of esters is 3. The van der Waals surface area contributed by atoms with Crippen molar-refractivity contribution in [3.05, 3.63) is 0 Å². The molecule has 0 bridgehead atoms. The zero-order valence-corrected chi connectivity index (χ0v) is 46.9. The molecule has 0 aromatic carbocycles. The van der Waals surface area contributed by atoms with Gasteiger partial charge in [0.15, 0.2) is 6.10 Å². The van der Waals surface area contributed by atoms with Crippen LogP contribution in [0.3, 0.4) is 0 Å². The van der Waals surface area contributed by atoms with E-state index < -0.39 is 6.10 Å². The van der Waals surface area contributed by atoms with Crippen LogP contribution in [0.2, 0.25) is 0 Å². The third kappa shape index (κ3) is 52.2. The van der Waals surface area contributed by atoms with Crippen LogP contribution in [-0.4, -0.2) is 37.2 Å². The van der Waals surface area contributed by atoms with Gasteiger partial charge in [-0.05, 0) is 37.0 Å². The van der Waals surface area contributed by atoms with Crippen LogP contribution in [0.25, 0.3) is 0 Å². The molecule has 2 unspecified atom stereocenters. The van der Waals surface area contributed by atoms with E-state index in [0.717, 1.165) is 75.5 Å². The van der Waals surface area contributed by atoms with Gasteiger partial charge in [0.1, 0.15) is 13.2 Å². The maximum absolute atomic E-state index is 12.9. The van der Waals surface area contributed by atoms with E-state index in [4.69, 9.17) is 14.2 Å². The maximum atomic E-state index is 12.9. The minimum Gasteiger partial charge on any atom is -0.462 e. The summed E-state index contributed by atoms with van der Waals surface area (Å²) in [4.78, 5) is 38.2. The molecule has 0 fully saturated rings. The summed E-state index contributed by atoms with van der Waals surface area (Å²) >= 11 is 0. The van der Waals surface area contributed by atoms with Gasteiger partial charge in [-0.25, -0.2) is 0 Å². The second-order valence-electron chi connectivity index (χ2n) is 22.3. The van der Waals surface area contributed by atoms with Gasteiger partial charge in [-0.15, -0.1) is 0 Å². The Labute approximate surface area is 425 Å². The summed E-state index contributed by atoms with van der Waals surface area (Å²) in [6.07, 6.45) is 56.6. The molecule has 0 saturated carbocycles. The minimum absolute atomic E-state index is 0.0633. The maximum Gasteiger partial charge on any atom is 0.306 e. The molecule has 0 aromatic rings. The van der Waals surface area contributed by atoms with E-state index in [2.05, 4.69) is 41.5 Å². The molecular weight excluding hydrogens is 841 g/mol. The second-order valence-corrected chi connectivity index (χ2v) is 22.3. The lowest BCUT2D eigenvalue weighted by Gasteiger charge is -2.18. The van der Waals surface area contributed by atoms with Crippen LogP contribution in [0.15, 0.2) is 0 Å². The van der Waals surface area contributed by atoms with Gasteiger partial charge in [-0.2, -0.15) is 0 Å². The average Bonchev–Trinajstić information content (AvgIpc) is 3.33. The first kappa shape index (κ1) is 66.4. The zero-order valence-electron chi connectivity index (χ0n) is 46.9. The lowest BCUT2D eigenvalue weighted by molar-refractivity contribution is -0.167. The van der Waals surface area contributed by atoms with E-state index in [-0.39, 0.29) is 31.1 Å². The van der Waals surface area contributed by atoms with Crippen molar-refractivity contribution in [1.29, 1.82) is 0 Å². The van der Waals surface area contributed by atoms with Crippen LogP contribution in [0.1, 0.15) is 343 Å². The minimum atomic E-state index is -0.764. The van der Waals surface area contributed by atoms with Crippen molar-refractivity contribution in [2.75, 3.05) is 13.2 Å². The molecule has 0 spiro atoms. The molecule has 0 N–H and O–H groups in total. The summed E-state index contributed by atoms with van der Waals surface area (Å²) in [6.45, 7) is 13.8. The average molecular weight is 962 g/mol. The first-order valence-electron chi connectivity index (χ1n) is 30.7. The number of carbonyl (C=O) groups excluding carboxylic acids is 3. The molecule has 6 nitrogen and oxygen atoms in total. The molecule has 6 heteroatoms. The lowest BCUT2D eigenvalue weighted by atomic mass is 9.99. The number of carbonyl (C=O) groups is 3. The topological polar surface area (TPSA) is 78.9 Å². The quantitative estimate of drug-likeness (QED) is 0.0343. The summed E-state index contributed by atoms with van der Waals surface area (Å²) in [5.74, 6) is 1.76. The van der Waals surface area contributed by atoms with Gasteiger partial charge in [0.05, 0.1) is 0 Å². The lowest BCUT2D eigenvalue weighted by Crippen LogP contribution is -2.30. The predicted molar refractivity (Wildman–Crippen MR) is 293 cm³/mol. The number of hydrogen-bond acceptors (Lipinski definition) is 6. The van der Waals surface area contributed by atoms with Gasteiger partial charge in [0.25, 0.3) is 0 Å². The summed E-state index contributed by atoms with van der Waals surface area (Å²) in [5, 5.41) is 0. The number of rotatable bonds is 55. The Morgan fingerprint density at radius 1 is 0.294 bits per heavy atom. The molecule has 0 aliphatic heterocycles. The molecule has 0 aliphatic rings. The van der Waals surface area contributed by atoms with Crippen LogP contribution >= 0.6 is 0 Å². The van der Waals surface area contributed by atoms with E-state index in [1.807, 2.05) is 0 Å². The Morgan fingerprint density at radius 3 is 0.765 bits per heavy atom. The zero-order chi connectivity index (χ0) is 49.8. The molecule has 0 radical (unpaired) electrons. The van der Waals surface area contributed by atoms with Crippen molar-refractivity contribution >= 4 is 17.9 Å². The van der Waals surface area contributed by atoms with E-state index in [1.165, 1.54) is 225 Å². The standard InChI is InChI=1S/C62H120O6/c1-7-57(5)49-43-37-31-25-19-15-13-11-9-10-12-14-16-20-27-33-39-45-51-60(63)66-54-59(68-62(65)53-47-41-35-29-21-17-18-24-30-36-42-48-56(3)4)55-67-61(64)52-46-40-34-28-23-22-26-32-38-44-50-58(6)8-2/h56-59H,7-55H2,1-6H3/t57?,58?,59-/m0/s1. The summed E-state index contributed by atoms with van der Waals surface area (Å²) in [6, 6.07) is 0. The fourth-order valence-corrected chi connectivity index (χ4v) is 9.47. The van der Waals surface area contributed by atoms with Crippen molar-refractivity contribution in [3.8, 4) is 0 Å². The third-order valence-electron chi connectivity index (χ3n) is 14.9. The highest BCUT2D eigenvalue weighted by atomic mass is 16.6.